The SMILES string of the molecule is CCCNC(=O)C(=O)N/N=C\c1ccc(C(C)(C)C)cc1. The van der Waals surface area contributed by atoms with Gasteiger partial charge in [0.15, 0.2) is 0 Å². The van der Waals surface area contributed by atoms with Crippen LogP contribution in [0.1, 0.15) is 45.2 Å². The van der Waals surface area contributed by atoms with Crippen LogP contribution in [0.25, 0.3) is 0 Å². The molecule has 0 saturated heterocycles. The van der Waals surface area contributed by atoms with Crippen molar-refractivity contribution in [2.45, 2.75) is 39.5 Å². The molecule has 0 aliphatic heterocycles. The van der Waals surface area contributed by atoms with E-state index in [-0.39, 0.29) is 5.41 Å². The van der Waals surface area contributed by atoms with E-state index in [1.54, 1.807) is 0 Å². The Morgan fingerprint density at radius 2 is 1.76 bits per heavy atom. The molecule has 5 heteroatoms. The summed E-state index contributed by atoms with van der Waals surface area (Å²) in [4.78, 5) is 22.7. The van der Waals surface area contributed by atoms with Gasteiger partial charge in [-0.05, 0) is 23.0 Å². The van der Waals surface area contributed by atoms with Gasteiger partial charge in [-0.2, -0.15) is 5.10 Å². The molecule has 0 bridgehead atoms. The van der Waals surface area contributed by atoms with Crippen LogP contribution in [-0.4, -0.2) is 24.6 Å². The van der Waals surface area contributed by atoms with Gasteiger partial charge >= 0.3 is 11.8 Å². The van der Waals surface area contributed by atoms with Gasteiger partial charge in [0.05, 0.1) is 6.21 Å². The minimum Gasteiger partial charge on any atom is -0.348 e. The molecule has 2 N–H and O–H groups in total. The first-order chi connectivity index (χ1) is 9.84. The average molecular weight is 289 g/mol. The van der Waals surface area contributed by atoms with Gasteiger partial charge in [0.25, 0.3) is 0 Å². The third kappa shape index (κ3) is 5.77. The highest BCUT2D eigenvalue weighted by atomic mass is 16.2. The van der Waals surface area contributed by atoms with Crippen molar-refractivity contribution in [2.75, 3.05) is 6.54 Å². The van der Waals surface area contributed by atoms with Crippen molar-refractivity contribution >= 4 is 18.0 Å². The van der Waals surface area contributed by atoms with Crippen molar-refractivity contribution in [1.29, 1.82) is 0 Å². The van der Waals surface area contributed by atoms with Crippen LogP contribution in [0.2, 0.25) is 0 Å². The maximum atomic E-state index is 11.4. The summed E-state index contributed by atoms with van der Waals surface area (Å²) in [6.45, 7) is 8.82. The Labute approximate surface area is 125 Å². The molecule has 21 heavy (non-hydrogen) atoms. The van der Waals surface area contributed by atoms with Crippen molar-refractivity contribution in [3.8, 4) is 0 Å². The lowest BCUT2D eigenvalue weighted by atomic mass is 9.87. The third-order valence-corrected chi connectivity index (χ3v) is 2.90. The molecule has 0 spiro atoms. The van der Waals surface area contributed by atoms with Crippen molar-refractivity contribution in [1.82, 2.24) is 10.7 Å². The fraction of sp³-hybridized carbons (Fsp3) is 0.438. The normalized spacial score (nSPS) is 11.4. The summed E-state index contributed by atoms with van der Waals surface area (Å²) in [5.74, 6) is -1.43. The monoisotopic (exact) mass is 289 g/mol. The number of nitrogens with one attached hydrogen (secondary N) is 2. The highest BCUT2D eigenvalue weighted by Crippen LogP contribution is 2.21. The third-order valence-electron chi connectivity index (χ3n) is 2.90. The first-order valence-electron chi connectivity index (χ1n) is 7.06. The number of hydrogen-bond donors (Lipinski definition) is 2. The second-order valence-electron chi connectivity index (χ2n) is 5.83. The fourth-order valence-corrected chi connectivity index (χ4v) is 1.60. The van der Waals surface area contributed by atoms with Crippen molar-refractivity contribution in [3.05, 3.63) is 35.4 Å². The molecule has 1 aromatic carbocycles. The molecule has 0 saturated carbocycles. The zero-order valence-corrected chi connectivity index (χ0v) is 13.1. The van der Waals surface area contributed by atoms with E-state index in [4.69, 9.17) is 0 Å². The molecule has 1 rings (SSSR count). The number of hydrazone groups is 1. The zero-order valence-electron chi connectivity index (χ0n) is 13.1. The molecule has 5 nitrogen and oxygen atoms in total. The first-order valence-corrected chi connectivity index (χ1v) is 7.06. The summed E-state index contributed by atoms with van der Waals surface area (Å²) in [5.41, 5.74) is 4.38. The standard InChI is InChI=1S/C16H23N3O2/c1-5-10-17-14(20)15(21)19-18-11-12-6-8-13(9-7-12)16(2,3)4/h6-9,11H,5,10H2,1-4H3,(H,17,20)(H,19,21)/b18-11-. The van der Waals surface area contributed by atoms with Crippen LogP contribution < -0.4 is 10.7 Å². The zero-order chi connectivity index (χ0) is 15.9. The number of rotatable bonds is 4. The molecule has 0 atom stereocenters. The summed E-state index contributed by atoms with van der Waals surface area (Å²) < 4.78 is 0. The summed E-state index contributed by atoms with van der Waals surface area (Å²) in [6, 6.07) is 7.90. The molecular weight excluding hydrogens is 266 g/mol. The Balaban J connectivity index is 2.54. The van der Waals surface area contributed by atoms with Crippen LogP contribution in [0.4, 0.5) is 0 Å². The van der Waals surface area contributed by atoms with E-state index in [0.29, 0.717) is 6.54 Å². The molecule has 0 aliphatic rings. The van der Waals surface area contributed by atoms with Gasteiger partial charge in [0.1, 0.15) is 0 Å². The predicted octanol–water partition coefficient (Wildman–Crippen LogP) is 1.96. The van der Waals surface area contributed by atoms with E-state index in [0.717, 1.165) is 12.0 Å². The van der Waals surface area contributed by atoms with E-state index in [1.807, 2.05) is 31.2 Å². The van der Waals surface area contributed by atoms with E-state index in [1.165, 1.54) is 11.8 Å². The largest absolute Gasteiger partial charge is 0.348 e. The Hall–Kier alpha value is -2.17. The number of carbonyl (C=O) groups excluding carboxylic acids is 2. The Bertz CT molecular complexity index is 513. The van der Waals surface area contributed by atoms with Gasteiger partial charge in [0.2, 0.25) is 0 Å². The Morgan fingerprint density at radius 1 is 1.14 bits per heavy atom. The van der Waals surface area contributed by atoms with Crippen molar-refractivity contribution in [2.24, 2.45) is 5.10 Å². The van der Waals surface area contributed by atoms with E-state index in [9.17, 15) is 9.59 Å². The molecule has 0 heterocycles. The highest BCUT2D eigenvalue weighted by molar-refractivity contribution is 6.35. The minimum absolute atomic E-state index is 0.0985. The molecule has 0 aromatic heterocycles. The summed E-state index contributed by atoms with van der Waals surface area (Å²) in [5, 5.41) is 6.26. The molecular formula is C16H23N3O2. The Kier molecular flexibility index (Phi) is 6.09. The highest BCUT2D eigenvalue weighted by Gasteiger charge is 2.13. The van der Waals surface area contributed by atoms with Gasteiger partial charge in [-0.3, -0.25) is 9.59 Å². The average Bonchev–Trinajstić information content (AvgIpc) is 2.44. The molecule has 2 amide bonds. The molecule has 0 radical (unpaired) electrons. The molecule has 0 fully saturated rings. The number of benzene rings is 1. The number of nitrogens with zero attached hydrogens (tertiary/aromatic N) is 1. The molecule has 1 aromatic rings. The Morgan fingerprint density at radius 3 is 2.29 bits per heavy atom. The second-order valence-corrected chi connectivity index (χ2v) is 5.83. The maximum Gasteiger partial charge on any atom is 0.329 e. The summed E-state index contributed by atoms with van der Waals surface area (Å²) in [6.07, 6.45) is 2.29. The molecule has 114 valence electrons. The maximum absolute atomic E-state index is 11.4. The van der Waals surface area contributed by atoms with E-state index in [2.05, 4.69) is 36.6 Å². The lowest BCUT2D eigenvalue weighted by Gasteiger charge is -2.18. The van der Waals surface area contributed by atoms with E-state index < -0.39 is 11.8 Å². The predicted molar refractivity (Wildman–Crippen MR) is 84.2 cm³/mol. The van der Waals surface area contributed by atoms with Crippen LogP contribution in [-0.2, 0) is 15.0 Å². The minimum atomic E-state index is -0.758. The topological polar surface area (TPSA) is 70.6 Å². The van der Waals surface area contributed by atoms with Crippen molar-refractivity contribution < 1.29 is 9.59 Å². The molecule has 0 unspecified atom stereocenters. The van der Waals surface area contributed by atoms with Gasteiger partial charge in [-0.25, -0.2) is 5.43 Å². The number of hydrogen-bond acceptors (Lipinski definition) is 3. The van der Waals surface area contributed by atoms with Crippen LogP contribution in [0.3, 0.4) is 0 Å². The fourth-order valence-electron chi connectivity index (χ4n) is 1.60. The summed E-state index contributed by atoms with van der Waals surface area (Å²) >= 11 is 0. The molecule has 0 aliphatic carbocycles. The summed E-state index contributed by atoms with van der Waals surface area (Å²) in [7, 11) is 0. The van der Waals surface area contributed by atoms with Gasteiger partial charge in [-0.1, -0.05) is 52.0 Å². The number of amides is 2. The lowest BCUT2D eigenvalue weighted by molar-refractivity contribution is -0.139. The van der Waals surface area contributed by atoms with Crippen LogP contribution in [0, 0.1) is 0 Å². The lowest BCUT2D eigenvalue weighted by Crippen LogP contribution is -2.38. The van der Waals surface area contributed by atoms with Crippen LogP contribution in [0.15, 0.2) is 29.4 Å². The van der Waals surface area contributed by atoms with Crippen molar-refractivity contribution in [3.63, 3.8) is 0 Å². The first kappa shape index (κ1) is 16.9. The van der Waals surface area contributed by atoms with Gasteiger partial charge in [0, 0.05) is 6.54 Å². The number of carbonyl (C=O) groups is 2. The second kappa shape index (κ2) is 7.57. The smallest absolute Gasteiger partial charge is 0.329 e. The van der Waals surface area contributed by atoms with Gasteiger partial charge in [-0.15, -0.1) is 0 Å². The van der Waals surface area contributed by atoms with E-state index >= 15 is 0 Å². The van der Waals surface area contributed by atoms with Crippen LogP contribution in [0.5, 0.6) is 0 Å². The van der Waals surface area contributed by atoms with Gasteiger partial charge < -0.3 is 5.32 Å². The van der Waals surface area contributed by atoms with Crippen LogP contribution >= 0.6 is 0 Å². The quantitative estimate of drug-likeness (QED) is 0.505.